The molecule has 148 valence electrons. The van der Waals surface area contributed by atoms with Gasteiger partial charge in [0.2, 0.25) is 11.7 Å². The molecule has 0 fully saturated rings. The van der Waals surface area contributed by atoms with E-state index in [1.165, 1.54) is 0 Å². The van der Waals surface area contributed by atoms with E-state index in [1.54, 1.807) is 17.0 Å². The van der Waals surface area contributed by atoms with Crippen molar-refractivity contribution in [2.24, 2.45) is 0 Å². The summed E-state index contributed by atoms with van der Waals surface area (Å²) in [6.45, 7) is -0.117. The first kappa shape index (κ1) is 18.7. The van der Waals surface area contributed by atoms with Crippen molar-refractivity contribution in [2.45, 2.75) is 12.8 Å². The van der Waals surface area contributed by atoms with Crippen LogP contribution in [-0.2, 0) is 30.3 Å². The minimum atomic E-state index is -0.871. The number of aryl methyl sites for hydroxylation is 1. The number of ketones is 1. The van der Waals surface area contributed by atoms with Gasteiger partial charge in [0.1, 0.15) is 0 Å². The molecule has 0 aliphatic carbocycles. The Morgan fingerprint density at radius 1 is 1.07 bits per heavy atom. The summed E-state index contributed by atoms with van der Waals surface area (Å²) in [4.78, 5) is 38.9. The van der Waals surface area contributed by atoms with Gasteiger partial charge in [-0.15, -0.1) is 0 Å². The van der Waals surface area contributed by atoms with E-state index in [-0.39, 0.29) is 24.0 Å². The fraction of sp³-hybridized carbons (Fsp3) is 0.227. The van der Waals surface area contributed by atoms with Crippen LogP contribution in [0.25, 0.3) is 0 Å². The molecule has 1 amide bonds. The van der Waals surface area contributed by atoms with Crippen LogP contribution in [0.3, 0.4) is 0 Å². The maximum atomic E-state index is 12.6. The Labute approximate surface area is 167 Å². The first-order chi connectivity index (χ1) is 14.1. The molecule has 7 heteroatoms. The van der Waals surface area contributed by atoms with E-state index in [4.69, 9.17) is 9.47 Å². The first-order valence-electron chi connectivity index (χ1n) is 9.41. The van der Waals surface area contributed by atoms with Crippen LogP contribution in [0.4, 0.5) is 11.4 Å². The van der Waals surface area contributed by atoms with Crippen LogP contribution >= 0.6 is 0 Å². The second-order valence-electron chi connectivity index (χ2n) is 6.76. The van der Waals surface area contributed by atoms with Gasteiger partial charge in [-0.25, -0.2) is 4.79 Å². The quantitative estimate of drug-likeness (QED) is 0.621. The largest absolute Gasteiger partial charge is 0.470 e. The number of hydrogen-bond acceptors (Lipinski definition) is 6. The third kappa shape index (κ3) is 3.99. The number of benzene rings is 2. The van der Waals surface area contributed by atoms with E-state index in [2.05, 4.69) is 5.32 Å². The standard InChI is InChI=1S/C22H20N2O5/c25-18-13-28-21(23-16-9-2-1-3-10-16)20(18)22(27)29-14-19(26)24-12-6-8-15-7-4-5-11-17(15)24/h1-5,7,9-11,23H,6,8,12-14H2. The summed E-state index contributed by atoms with van der Waals surface area (Å²) in [5.74, 6) is -1.63. The third-order valence-electron chi connectivity index (χ3n) is 4.83. The van der Waals surface area contributed by atoms with E-state index in [9.17, 15) is 14.4 Å². The number of esters is 1. The number of nitrogens with zero attached hydrogens (tertiary/aromatic N) is 1. The van der Waals surface area contributed by atoms with Crippen molar-refractivity contribution in [3.8, 4) is 0 Å². The molecule has 4 rings (SSSR count). The third-order valence-corrected chi connectivity index (χ3v) is 4.83. The van der Waals surface area contributed by atoms with Crippen LogP contribution < -0.4 is 10.2 Å². The van der Waals surface area contributed by atoms with Gasteiger partial charge in [-0.05, 0) is 36.6 Å². The molecular weight excluding hydrogens is 372 g/mol. The smallest absolute Gasteiger partial charge is 0.347 e. The Kier molecular flexibility index (Phi) is 5.29. The Bertz CT molecular complexity index is 984. The van der Waals surface area contributed by atoms with Crippen LogP contribution in [0.1, 0.15) is 12.0 Å². The van der Waals surface area contributed by atoms with E-state index >= 15 is 0 Å². The molecule has 0 bridgehead atoms. The summed E-state index contributed by atoms with van der Waals surface area (Å²) in [5, 5.41) is 2.91. The number of Topliss-reactive ketones (excluding diaryl/α,β-unsaturated/α-hetero) is 1. The van der Waals surface area contributed by atoms with Gasteiger partial charge in [-0.1, -0.05) is 36.4 Å². The fourth-order valence-electron chi connectivity index (χ4n) is 3.44. The summed E-state index contributed by atoms with van der Waals surface area (Å²) in [6, 6.07) is 16.7. The predicted molar refractivity (Wildman–Crippen MR) is 106 cm³/mol. The lowest BCUT2D eigenvalue weighted by atomic mass is 10.0. The van der Waals surface area contributed by atoms with E-state index in [0.717, 1.165) is 24.1 Å². The number of ether oxygens (including phenoxy) is 2. The van der Waals surface area contributed by atoms with Crippen molar-refractivity contribution in [3.63, 3.8) is 0 Å². The molecule has 7 nitrogen and oxygen atoms in total. The zero-order valence-corrected chi connectivity index (χ0v) is 15.7. The average Bonchev–Trinajstić information content (AvgIpc) is 3.12. The van der Waals surface area contributed by atoms with Crippen LogP contribution in [-0.4, -0.2) is 37.4 Å². The lowest BCUT2D eigenvalue weighted by molar-refractivity contribution is -0.145. The number of fused-ring (bicyclic) bond motifs is 1. The SMILES string of the molecule is O=C1COC(Nc2ccccc2)=C1C(=O)OCC(=O)N1CCCc2ccccc21. The molecular formula is C22H20N2O5. The Hall–Kier alpha value is -3.61. The number of para-hydroxylation sites is 2. The molecule has 2 heterocycles. The van der Waals surface area contributed by atoms with Crippen molar-refractivity contribution < 1.29 is 23.9 Å². The van der Waals surface area contributed by atoms with E-state index in [1.807, 2.05) is 42.5 Å². The molecule has 1 N–H and O–H groups in total. The second kappa shape index (κ2) is 8.18. The minimum absolute atomic E-state index is 0.0435. The molecule has 0 unspecified atom stereocenters. The summed E-state index contributed by atoms with van der Waals surface area (Å²) in [5.41, 5.74) is 2.39. The van der Waals surface area contributed by atoms with Gasteiger partial charge in [0.25, 0.3) is 5.91 Å². The van der Waals surface area contributed by atoms with Gasteiger partial charge in [0.15, 0.2) is 18.8 Å². The zero-order valence-electron chi connectivity index (χ0n) is 15.7. The Morgan fingerprint density at radius 2 is 1.83 bits per heavy atom. The Morgan fingerprint density at radius 3 is 2.66 bits per heavy atom. The molecule has 2 aromatic carbocycles. The molecule has 29 heavy (non-hydrogen) atoms. The minimum Gasteiger partial charge on any atom is -0.470 e. The number of anilines is 2. The highest BCUT2D eigenvalue weighted by molar-refractivity contribution is 6.20. The van der Waals surface area contributed by atoms with Crippen LogP contribution in [0.5, 0.6) is 0 Å². The average molecular weight is 392 g/mol. The maximum Gasteiger partial charge on any atom is 0.347 e. The number of rotatable bonds is 5. The van der Waals surface area contributed by atoms with Gasteiger partial charge < -0.3 is 19.7 Å². The number of carbonyl (C=O) groups excluding carboxylic acids is 3. The first-order valence-corrected chi connectivity index (χ1v) is 9.41. The fourth-order valence-corrected chi connectivity index (χ4v) is 3.44. The maximum absolute atomic E-state index is 12.6. The highest BCUT2D eigenvalue weighted by Crippen LogP contribution is 2.27. The number of nitrogens with one attached hydrogen (secondary N) is 1. The second-order valence-corrected chi connectivity index (χ2v) is 6.76. The predicted octanol–water partition coefficient (Wildman–Crippen LogP) is 2.43. The van der Waals surface area contributed by atoms with Gasteiger partial charge >= 0.3 is 5.97 Å². The molecule has 2 aliphatic heterocycles. The van der Waals surface area contributed by atoms with Gasteiger partial charge in [-0.2, -0.15) is 0 Å². The van der Waals surface area contributed by atoms with E-state index < -0.39 is 18.4 Å². The summed E-state index contributed by atoms with van der Waals surface area (Å²) < 4.78 is 10.5. The van der Waals surface area contributed by atoms with Gasteiger partial charge in [0.05, 0.1) is 0 Å². The van der Waals surface area contributed by atoms with Crippen LogP contribution in [0, 0.1) is 0 Å². The van der Waals surface area contributed by atoms with Crippen LogP contribution in [0.15, 0.2) is 66.1 Å². The molecule has 0 saturated heterocycles. The molecule has 0 saturated carbocycles. The lowest BCUT2D eigenvalue weighted by Gasteiger charge is -2.29. The van der Waals surface area contributed by atoms with Gasteiger partial charge in [0, 0.05) is 17.9 Å². The lowest BCUT2D eigenvalue weighted by Crippen LogP contribution is -2.38. The van der Waals surface area contributed by atoms with Crippen LogP contribution in [0.2, 0.25) is 0 Å². The summed E-state index contributed by atoms with van der Waals surface area (Å²) in [6.07, 6.45) is 1.76. The van der Waals surface area contributed by atoms with Crippen molar-refractivity contribution in [1.82, 2.24) is 0 Å². The number of hydrogen-bond donors (Lipinski definition) is 1. The summed E-state index contributed by atoms with van der Waals surface area (Å²) in [7, 11) is 0. The molecule has 0 radical (unpaired) electrons. The highest BCUT2D eigenvalue weighted by Gasteiger charge is 2.33. The van der Waals surface area contributed by atoms with E-state index in [0.29, 0.717) is 12.2 Å². The van der Waals surface area contributed by atoms with Crippen molar-refractivity contribution >= 4 is 29.0 Å². The highest BCUT2D eigenvalue weighted by atomic mass is 16.5. The normalized spacial score (nSPS) is 15.6. The molecule has 2 aliphatic rings. The topological polar surface area (TPSA) is 84.9 Å². The Balaban J connectivity index is 1.44. The number of carbonyl (C=O) groups is 3. The summed E-state index contributed by atoms with van der Waals surface area (Å²) >= 11 is 0. The molecule has 2 aromatic rings. The van der Waals surface area contributed by atoms with Crippen molar-refractivity contribution in [3.05, 3.63) is 71.6 Å². The molecule has 0 aromatic heterocycles. The molecule has 0 spiro atoms. The zero-order chi connectivity index (χ0) is 20.2. The molecule has 0 atom stereocenters. The number of amides is 1. The van der Waals surface area contributed by atoms with Crippen molar-refractivity contribution in [2.75, 3.05) is 30.0 Å². The monoisotopic (exact) mass is 392 g/mol. The van der Waals surface area contributed by atoms with Crippen molar-refractivity contribution in [1.29, 1.82) is 0 Å². The van der Waals surface area contributed by atoms with Gasteiger partial charge in [-0.3, -0.25) is 9.59 Å².